The molecule has 0 amide bonds. The van der Waals surface area contributed by atoms with Gasteiger partial charge in [-0.15, -0.1) is 0 Å². The Kier molecular flexibility index (Phi) is 7.21. The number of hydrogen-bond donors (Lipinski definition) is 2. The topological polar surface area (TPSA) is 39.7 Å². The predicted octanol–water partition coefficient (Wildman–Crippen LogP) is 2.07. The van der Waals surface area contributed by atoms with Crippen molar-refractivity contribution >= 4 is 5.96 Å². The summed E-state index contributed by atoms with van der Waals surface area (Å²) in [5, 5.41) is 6.77. The minimum Gasteiger partial charge on any atom is -0.357 e. The second-order valence-electron chi connectivity index (χ2n) is 5.99. The normalized spacial score (nSPS) is 18.3. The summed E-state index contributed by atoms with van der Waals surface area (Å²) in [6.45, 7) is 8.43. The van der Waals surface area contributed by atoms with Crippen LogP contribution in [0.15, 0.2) is 4.99 Å². The van der Waals surface area contributed by atoms with Crippen LogP contribution in [0.5, 0.6) is 0 Å². The average molecular weight is 268 g/mol. The molecule has 0 atom stereocenters. The molecule has 4 heteroatoms. The molecule has 0 aromatic rings. The quantitative estimate of drug-likeness (QED) is 0.402. The number of guanidine groups is 1. The zero-order valence-corrected chi connectivity index (χ0v) is 13.3. The van der Waals surface area contributed by atoms with Gasteiger partial charge in [-0.1, -0.05) is 13.3 Å². The Morgan fingerprint density at radius 2 is 1.95 bits per heavy atom. The molecule has 0 aliphatic heterocycles. The molecule has 0 aromatic carbocycles. The molecule has 0 spiro atoms. The van der Waals surface area contributed by atoms with Crippen molar-refractivity contribution in [1.82, 2.24) is 15.5 Å². The highest BCUT2D eigenvalue weighted by atomic mass is 15.2. The maximum absolute atomic E-state index is 4.78. The number of hydrogen-bond acceptors (Lipinski definition) is 2. The monoisotopic (exact) mass is 268 g/mol. The summed E-state index contributed by atoms with van der Waals surface area (Å²) in [7, 11) is 4.22. The largest absolute Gasteiger partial charge is 0.357 e. The first kappa shape index (κ1) is 16.3. The highest BCUT2D eigenvalue weighted by Gasteiger charge is 2.34. The number of rotatable bonds is 8. The minimum atomic E-state index is 0.506. The van der Waals surface area contributed by atoms with Gasteiger partial charge in [0.15, 0.2) is 5.96 Å². The van der Waals surface area contributed by atoms with Crippen LogP contribution >= 0.6 is 0 Å². The molecule has 1 saturated carbocycles. The third-order valence-electron chi connectivity index (χ3n) is 4.16. The summed E-state index contributed by atoms with van der Waals surface area (Å²) in [6.07, 6.45) is 6.50. The van der Waals surface area contributed by atoms with Crippen LogP contribution in [0.4, 0.5) is 0 Å². The highest BCUT2D eigenvalue weighted by Crippen LogP contribution is 2.43. The van der Waals surface area contributed by atoms with E-state index in [0.29, 0.717) is 5.41 Å². The van der Waals surface area contributed by atoms with E-state index < -0.39 is 0 Å². The van der Waals surface area contributed by atoms with E-state index in [9.17, 15) is 0 Å². The van der Waals surface area contributed by atoms with Gasteiger partial charge in [-0.2, -0.15) is 0 Å². The first-order chi connectivity index (χ1) is 9.12. The smallest absolute Gasteiger partial charge is 0.191 e. The van der Waals surface area contributed by atoms with E-state index in [1.54, 1.807) is 0 Å². The van der Waals surface area contributed by atoms with E-state index in [1.165, 1.54) is 25.7 Å². The van der Waals surface area contributed by atoms with Gasteiger partial charge >= 0.3 is 0 Å². The fourth-order valence-corrected chi connectivity index (χ4v) is 2.49. The van der Waals surface area contributed by atoms with Gasteiger partial charge < -0.3 is 15.5 Å². The summed E-state index contributed by atoms with van der Waals surface area (Å²) < 4.78 is 0. The molecule has 4 nitrogen and oxygen atoms in total. The summed E-state index contributed by atoms with van der Waals surface area (Å²) in [4.78, 5) is 6.99. The van der Waals surface area contributed by atoms with Gasteiger partial charge in [0.05, 0.1) is 0 Å². The Bertz CT molecular complexity index is 264. The summed E-state index contributed by atoms with van der Waals surface area (Å²) >= 11 is 0. The van der Waals surface area contributed by atoms with E-state index >= 15 is 0 Å². The van der Waals surface area contributed by atoms with E-state index in [1.807, 2.05) is 0 Å². The van der Waals surface area contributed by atoms with E-state index in [4.69, 9.17) is 4.99 Å². The van der Waals surface area contributed by atoms with Crippen LogP contribution in [0.2, 0.25) is 0 Å². The minimum absolute atomic E-state index is 0.506. The number of nitrogens with zero attached hydrogens (tertiary/aromatic N) is 2. The molecule has 0 saturated heterocycles. The van der Waals surface area contributed by atoms with Crippen LogP contribution in [0, 0.1) is 5.41 Å². The summed E-state index contributed by atoms with van der Waals surface area (Å²) in [6, 6.07) is 0. The maximum Gasteiger partial charge on any atom is 0.191 e. The molecule has 0 aromatic heterocycles. The zero-order chi connectivity index (χ0) is 14.1. The molecule has 0 heterocycles. The first-order valence-corrected chi connectivity index (χ1v) is 7.79. The first-order valence-electron chi connectivity index (χ1n) is 7.79. The van der Waals surface area contributed by atoms with E-state index in [0.717, 1.165) is 38.6 Å². The Morgan fingerprint density at radius 3 is 2.42 bits per heavy atom. The van der Waals surface area contributed by atoms with Crippen LogP contribution in [0.25, 0.3) is 0 Å². The van der Waals surface area contributed by atoms with Crippen molar-refractivity contribution in [1.29, 1.82) is 0 Å². The number of nitrogens with one attached hydrogen (secondary N) is 2. The van der Waals surface area contributed by atoms with E-state index in [-0.39, 0.29) is 0 Å². The molecule has 2 N–H and O–H groups in total. The lowest BCUT2D eigenvalue weighted by molar-refractivity contribution is 0.139. The van der Waals surface area contributed by atoms with Gasteiger partial charge in [0, 0.05) is 19.6 Å². The van der Waals surface area contributed by atoms with Crippen LogP contribution in [-0.4, -0.2) is 51.1 Å². The predicted molar refractivity (Wildman–Crippen MR) is 83.7 cm³/mol. The standard InChI is InChI=1S/C15H32N4/c1-5-15(9-7-10-15)13-18-14(16-6-2)17-11-8-12-19(3)4/h5-13H2,1-4H3,(H2,16,17,18). The lowest BCUT2D eigenvalue weighted by atomic mass is 9.67. The molecule has 19 heavy (non-hydrogen) atoms. The molecule has 1 fully saturated rings. The lowest BCUT2D eigenvalue weighted by Crippen LogP contribution is -2.40. The maximum atomic E-state index is 4.78. The number of aliphatic imine (C=N–C) groups is 1. The van der Waals surface area contributed by atoms with Crippen LogP contribution in [-0.2, 0) is 0 Å². The molecular weight excluding hydrogens is 236 g/mol. The second-order valence-corrected chi connectivity index (χ2v) is 5.99. The third kappa shape index (κ3) is 5.81. The molecule has 112 valence electrons. The Morgan fingerprint density at radius 1 is 1.21 bits per heavy atom. The van der Waals surface area contributed by atoms with Crippen molar-refractivity contribution < 1.29 is 0 Å². The Labute approximate surface area is 119 Å². The molecule has 0 unspecified atom stereocenters. The highest BCUT2D eigenvalue weighted by molar-refractivity contribution is 5.79. The lowest BCUT2D eigenvalue weighted by Gasteiger charge is -2.40. The summed E-state index contributed by atoms with van der Waals surface area (Å²) in [5.41, 5.74) is 0.506. The van der Waals surface area contributed by atoms with Crippen molar-refractivity contribution in [2.45, 2.75) is 46.0 Å². The van der Waals surface area contributed by atoms with Crippen molar-refractivity contribution in [2.75, 3.05) is 40.3 Å². The van der Waals surface area contributed by atoms with Crippen molar-refractivity contribution in [2.24, 2.45) is 10.4 Å². The summed E-state index contributed by atoms with van der Waals surface area (Å²) in [5.74, 6) is 0.987. The second kappa shape index (κ2) is 8.41. The Balaban J connectivity index is 2.33. The van der Waals surface area contributed by atoms with Gasteiger partial charge in [-0.25, -0.2) is 0 Å². The van der Waals surface area contributed by atoms with E-state index in [2.05, 4.69) is 43.5 Å². The van der Waals surface area contributed by atoms with Gasteiger partial charge in [-0.05, 0) is 58.7 Å². The average Bonchev–Trinajstić information content (AvgIpc) is 2.33. The van der Waals surface area contributed by atoms with Crippen molar-refractivity contribution in [3.8, 4) is 0 Å². The molecular formula is C15H32N4. The Hall–Kier alpha value is -0.770. The van der Waals surface area contributed by atoms with Gasteiger partial charge in [0.25, 0.3) is 0 Å². The van der Waals surface area contributed by atoms with Gasteiger partial charge in [-0.3, -0.25) is 4.99 Å². The van der Waals surface area contributed by atoms with Gasteiger partial charge in [0.1, 0.15) is 0 Å². The van der Waals surface area contributed by atoms with Crippen LogP contribution < -0.4 is 10.6 Å². The molecule has 1 aliphatic carbocycles. The third-order valence-corrected chi connectivity index (χ3v) is 4.16. The molecule has 0 bridgehead atoms. The van der Waals surface area contributed by atoms with Crippen LogP contribution in [0.1, 0.15) is 46.0 Å². The molecule has 1 aliphatic rings. The molecule has 0 radical (unpaired) electrons. The molecule has 1 rings (SSSR count). The SMILES string of the molecule is CCNC(=NCC1(CC)CCC1)NCCCN(C)C. The fraction of sp³-hybridized carbons (Fsp3) is 0.933. The van der Waals surface area contributed by atoms with Crippen molar-refractivity contribution in [3.05, 3.63) is 0 Å². The van der Waals surface area contributed by atoms with Gasteiger partial charge in [0.2, 0.25) is 0 Å². The van der Waals surface area contributed by atoms with Crippen molar-refractivity contribution in [3.63, 3.8) is 0 Å². The zero-order valence-electron chi connectivity index (χ0n) is 13.3. The fourth-order valence-electron chi connectivity index (χ4n) is 2.49. The van der Waals surface area contributed by atoms with Crippen LogP contribution in [0.3, 0.4) is 0 Å².